The van der Waals surface area contributed by atoms with E-state index in [1.165, 1.54) is 0 Å². The zero-order chi connectivity index (χ0) is 14.9. The van der Waals surface area contributed by atoms with Gasteiger partial charge in [0.05, 0.1) is 10.0 Å². The van der Waals surface area contributed by atoms with E-state index in [0.717, 1.165) is 19.3 Å². The Kier molecular flexibility index (Phi) is 6.79. The third-order valence-corrected chi connectivity index (χ3v) is 4.83. The van der Waals surface area contributed by atoms with Gasteiger partial charge in [-0.05, 0) is 51.6 Å². The lowest BCUT2D eigenvalue weighted by molar-refractivity contribution is 0.0667. The molecule has 1 aromatic carbocycles. The fourth-order valence-electron chi connectivity index (χ4n) is 2.96. The minimum atomic E-state index is 0. The van der Waals surface area contributed by atoms with Gasteiger partial charge in [0.1, 0.15) is 0 Å². The lowest BCUT2D eigenvalue weighted by Gasteiger charge is -2.33. The van der Waals surface area contributed by atoms with Crippen molar-refractivity contribution >= 4 is 41.5 Å². The molecule has 0 spiro atoms. The van der Waals surface area contributed by atoms with Crippen molar-refractivity contribution in [1.82, 2.24) is 9.80 Å². The van der Waals surface area contributed by atoms with Crippen LogP contribution in [0.1, 0.15) is 29.6 Å². The summed E-state index contributed by atoms with van der Waals surface area (Å²) in [7, 11) is 6.01. The van der Waals surface area contributed by atoms with E-state index in [9.17, 15) is 4.79 Å². The molecule has 1 fully saturated rings. The van der Waals surface area contributed by atoms with E-state index in [1.807, 2.05) is 11.9 Å². The van der Waals surface area contributed by atoms with Crippen LogP contribution in [-0.4, -0.2) is 48.9 Å². The number of hydrogen-bond acceptors (Lipinski definition) is 2. The van der Waals surface area contributed by atoms with Gasteiger partial charge in [-0.3, -0.25) is 4.79 Å². The average Bonchev–Trinajstić information content (AvgIpc) is 2.89. The molecule has 3 nitrogen and oxygen atoms in total. The molecule has 0 bridgehead atoms. The lowest BCUT2D eigenvalue weighted by atomic mass is 10.1. The van der Waals surface area contributed by atoms with E-state index in [1.54, 1.807) is 18.2 Å². The first-order valence-corrected chi connectivity index (χ1v) is 7.56. The maximum Gasteiger partial charge on any atom is 0.253 e. The van der Waals surface area contributed by atoms with Crippen LogP contribution < -0.4 is 0 Å². The van der Waals surface area contributed by atoms with Crippen molar-refractivity contribution in [3.05, 3.63) is 33.8 Å². The first-order chi connectivity index (χ1) is 9.41. The maximum absolute atomic E-state index is 12.6. The SMILES string of the molecule is CN(C)[C@H]1CCC[C@H]1N(C)C(=O)c1ccc(Cl)c(Cl)c1.Cl. The molecule has 6 heteroatoms. The zero-order valence-corrected chi connectivity index (χ0v) is 14.8. The van der Waals surface area contributed by atoms with Crippen LogP contribution in [0.5, 0.6) is 0 Å². The summed E-state index contributed by atoms with van der Waals surface area (Å²) in [5.41, 5.74) is 0.589. The summed E-state index contributed by atoms with van der Waals surface area (Å²) in [6, 6.07) is 5.72. The molecule has 1 amide bonds. The smallest absolute Gasteiger partial charge is 0.253 e. The molecule has 0 saturated heterocycles. The summed E-state index contributed by atoms with van der Waals surface area (Å²) in [5, 5.41) is 0.888. The lowest BCUT2D eigenvalue weighted by Crippen LogP contribution is -2.47. The first kappa shape index (κ1) is 18.6. The van der Waals surface area contributed by atoms with Gasteiger partial charge in [-0.2, -0.15) is 0 Å². The number of nitrogens with zero attached hydrogens (tertiary/aromatic N) is 2. The van der Waals surface area contributed by atoms with Crippen molar-refractivity contribution in [1.29, 1.82) is 0 Å². The van der Waals surface area contributed by atoms with E-state index < -0.39 is 0 Å². The van der Waals surface area contributed by atoms with Crippen LogP contribution in [-0.2, 0) is 0 Å². The number of halogens is 3. The van der Waals surface area contributed by atoms with Gasteiger partial charge in [0.25, 0.3) is 5.91 Å². The van der Waals surface area contributed by atoms with E-state index in [0.29, 0.717) is 21.7 Å². The molecule has 0 unspecified atom stereocenters. The van der Waals surface area contributed by atoms with Crippen molar-refractivity contribution in [2.24, 2.45) is 0 Å². The number of carbonyl (C=O) groups excluding carboxylic acids is 1. The normalized spacial score (nSPS) is 21.2. The number of hydrogen-bond donors (Lipinski definition) is 0. The minimum absolute atomic E-state index is 0. The standard InChI is InChI=1S/C15H20Cl2N2O.ClH/c1-18(2)13-5-4-6-14(13)19(3)15(20)10-7-8-11(16)12(17)9-10;/h7-9,13-14H,4-6H2,1-3H3;1H/t13-,14+;/m0./s1. The average molecular weight is 352 g/mol. The van der Waals surface area contributed by atoms with Crippen LogP contribution in [0.15, 0.2) is 18.2 Å². The van der Waals surface area contributed by atoms with E-state index in [-0.39, 0.29) is 24.4 Å². The zero-order valence-electron chi connectivity index (χ0n) is 12.5. The summed E-state index contributed by atoms with van der Waals surface area (Å²) < 4.78 is 0. The third-order valence-electron chi connectivity index (χ3n) is 4.09. The Labute approximate surface area is 142 Å². The van der Waals surface area contributed by atoms with E-state index in [4.69, 9.17) is 23.2 Å². The Hall–Kier alpha value is -0.480. The summed E-state index contributed by atoms with van der Waals surface area (Å²) in [6.07, 6.45) is 3.34. The van der Waals surface area contributed by atoms with Crippen LogP contribution in [0.25, 0.3) is 0 Å². The van der Waals surface area contributed by atoms with Gasteiger partial charge >= 0.3 is 0 Å². The van der Waals surface area contributed by atoms with Crippen molar-refractivity contribution < 1.29 is 4.79 Å². The van der Waals surface area contributed by atoms with Gasteiger partial charge in [0.15, 0.2) is 0 Å². The highest BCUT2D eigenvalue weighted by Gasteiger charge is 2.34. The quantitative estimate of drug-likeness (QED) is 0.822. The Morgan fingerprint density at radius 2 is 1.71 bits per heavy atom. The van der Waals surface area contributed by atoms with Gasteiger partial charge in [-0.25, -0.2) is 0 Å². The summed E-state index contributed by atoms with van der Waals surface area (Å²) >= 11 is 11.9. The van der Waals surface area contributed by atoms with E-state index >= 15 is 0 Å². The first-order valence-electron chi connectivity index (χ1n) is 6.80. The second-order valence-electron chi connectivity index (χ2n) is 5.57. The largest absolute Gasteiger partial charge is 0.337 e. The topological polar surface area (TPSA) is 23.6 Å². The number of amides is 1. The Balaban J connectivity index is 0.00000220. The van der Waals surface area contributed by atoms with Crippen molar-refractivity contribution in [3.63, 3.8) is 0 Å². The van der Waals surface area contributed by atoms with Crippen LogP contribution in [0.4, 0.5) is 0 Å². The van der Waals surface area contributed by atoms with Crippen LogP contribution in [0.2, 0.25) is 10.0 Å². The monoisotopic (exact) mass is 350 g/mol. The molecule has 0 N–H and O–H groups in total. The fourth-order valence-corrected chi connectivity index (χ4v) is 3.26. The molecule has 1 saturated carbocycles. The number of likely N-dealkylation sites (N-methyl/N-ethyl adjacent to an activating group) is 2. The second-order valence-corrected chi connectivity index (χ2v) is 6.39. The van der Waals surface area contributed by atoms with Crippen molar-refractivity contribution in [2.45, 2.75) is 31.3 Å². The van der Waals surface area contributed by atoms with Crippen LogP contribution >= 0.6 is 35.6 Å². The second kappa shape index (κ2) is 7.68. The van der Waals surface area contributed by atoms with Crippen molar-refractivity contribution in [2.75, 3.05) is 21.1 Å². The summed E-state index contributed by atoms with van der Waals surface area (Å²) in [4.78, 5) is 16.6. The molecule has 118 valence electrons. The van der Waals surface area contributed by atoms with Crippen LogP contribution in [0.3, 0.4) is 0 Å². The molecule has 1 aromatic rings. The summed E-state index contributed by atoms with van der Waals surface area (Å²) in [5.74, 6) is 0.00215. The van der Waals surface area contributed by atoms with Gasteiger partial charge < -0.3 is 9.80 Å². The minimum Gasteiger partial charge on any atom is -0.337 e. The Morgan fingerprint density at radius 3 is 2.29 bits per heavy atom. The molecule has 0 aromatic heterocycles. The highest BCUT2D eigenvalue weighted by atomic mass is 35.5. The molecule has 0 heterocycles. The van der Waals surface area contributed by atoms with E-state index in [2.05, 4.69) is 19.0 Å². The maximum atomic E-state index is 12.6. The highest BCUT2D eigenvalue weighted by molar-refractivity contribution is 6.42. The van der Waals surface area contributed by atoms with Crippen LogP contribution in [0, 0.1) is 0 Å². The summed E-state index contributed by atoms with van der Waals surface area (Å²) in [6.45, 7) is 0. The number of carbonyl (C=O) groups is 1. The van der Waals surface area contributed by atoms with Gasteiger partial charge in [-0.1, -0.05) is 23.2 Å². The fraction of sp³-hybridized carbons (Fsp3) is 0.533. The molecule has 2 rings (SSSR count). The number of rotatable bonds is 3. The van der Waals surface area contributed by atoms with Gasteiger partial charge in [0.2, 0.25) is 0 Å². The Bertz CT molecular complexity index is 508. The molecule has 21 heavy (non-hydrogen) atoms. The van der Waals surface area contributed by atoms with Gasteiger partial charge in [-0.15, -0.1) is 12.4 Å². The number of benzene rings is 1. The molecule has 1 aliphatic rings. The molecule has 2 atom stereocenters. The third kappa shape index (κ3) is 4.04. The van der Waals surface area contributed by atoms with Crippen molar-refractivity contribution in [3.8, 4) is 0 Å². The Morgan fingerprint density at radius 1 is 1.10 bits per heavy atom. The molecular weight excluding hydrogens is 331 g/mol. The predicted octanol–water partition coefficient (Wildman–Crippen LogP) is 3.97. The predicted molar refractivity (Wildman–Crippen MR) is 90.9 cm³/mol. The molecular formula is C15H21Cl3N2O. The molecule has 1 aliphatic carbocycles. The highest BCUT2D eigenvalue weighted by Crippen LogP contribution is 2.28. The van der Waals surface area contributed by atoms with Gasteiger partial charge in [0, 0.05) is 24.7 Å². The molecule has 0 radical (unpaired) electrons. The molecule has 0 aliphatic heterocycles.